The number of carboxylic acid groups (broad SMARTS) is 1. The van der Waals surface area contributed by atoms with Crippen LogP contribution < -0.4 is 0 Å². The number of hydrogen-bond acceptors (Lipinski definition) is 2. The molecule has 2 N–H and O–H groups in total. The van der Waals surface area contributed by atoms with Crippen LogP contribution in [0.4, 0.5) is 0 Å². The summed E-state index contributed by atoms with van der Waals surface area (Å²) in [5.41, 5.74) is 4.75. The van der Waals surface area contributed by atoms with Gasteiger partial charge >= 0.3 is 5.97 Å². The number of phenols is 1. The van der Waals surface area contributed by atoms with Crippen LogP contribution in [0.1, 0.15) is 29.0 Å². The second kappa shape index (κ2) is 4.12. The van der Waals surface area contributed by atoms with Crippen molar-refractivity contribution in [3.05, 3.63) is 53.1 Å². The Morgan fingerprint density at radius 3 is 2.42 bits per heavy atom. The third-order valence-electron chi connectivity index (χ3n) is 3.76. The molecule has 0 saturated carbocycles. The summed E-state index contributed by atoms with van der Waals surface area (Å²) in [6.45, 7) is 1.98. The van der Waals surface area contributed by atoms with Gasteiger partial charge in [0.05, 0.1) is 6.42 Å². The molecule has 1 aliphatic carbocycles. The first-order valence-corrected chi connectivity index (χ1v) is 6.23. The Morgan fingerprint density at radius 2 is 1.74 bits per heavy atom. The highest BCUT2D eigenvalue weighted by Gasteiger charge is 2.32. The van der Waals surface area contributed by atoms with Crippen LogP contribution in [0.25, 0.3) is 11.1 Å². The number of carbonyl (C=O) groups is 1. The van der Waals surface area contributed by atoms with Crippen LogP contribution in [-0.4, -0.2) is 16.2 Å². The molecule has 0 radical (unpaired) electrons. The molecule has 0 spiro atoms. The molecule has 0 saturated heterocycles. The van der Waals surface area contributed by atoms with E-state index in [4.69, 9.17) is 5.11 Å². The zero-order valence-electron chi connectivity index (χ0n) is 10.6. The van der Waals surface area contributed by atoms with Crippen molar-refractivity contribution in [2.75, 3.05) is 0 Å². The fourth-order valence-corrected chi connectivity index (χ4v) is 3.00. The molecule has 19 heavy (non-hydrogen) atoms. The molecule has 0 bridgehead atoms. The summed E-state index contributed by atoms with van der Waals surface area (Å²) in [5.74, 6) is -0.774. The zero-order valence-corrected chi connectivity index (χ0v) is 10.6. The summed E-state index contributed by atoms with van der Waals surface area (Å²) in [4.78, 5) is 11.1. The van der Waals surface area contributed by atoms with Gasteiger partial charge in [-0.25, -0.2) is 0 Å². The van der Waals surface area contributed by atoms with E-state index in [2.05, 4.69) is 0 Å². The highest BCUT2D eigenvalue weighted by Crippen LogP contribution is 2.51. The second-order valence-corrected chi connectivity index (χ2v) is 4.93. The number of aromatic hydroxyl groups is 1. The number of rotatable bonds is 2. The topological polar surface area (TPSA) is 57.5 Å². The maximum absolute atomic E-state index is 11.1. The molecule has 96 valence electrons. The molecule has 1 aliphatic rings. The largest absolute Gasteiger partial charge is 0.507 e. The van der Waals surface area contributed by atoms with E-state index in [-0.39, 0.29) is 18.1 Å². The molecular formula is C16H14O3. The van der Waals surface area contributed by atoms with Gasteiger partial charge in [0.15, 0.2) is 0 Å². The molecule has 2 aromatic carbocycles. The van der Waals surface area contributed by atoms with E-state index in [9.17, 15) is 9.90 Å². The third-order valence-corrected chi connectivity index (χ3v) is 3.76. The van der Waals surface area contributed by atoms with Crippen LogP contribution in [0.2, 0.25) is 0 Å². The molecule has 0 aliphatic heterocycles. The molecular weight excluding hydrogens is 240 g/mol. The number of aryl methyl sites for hydroxylation is 1. The molecule has 3 rings (SSSR count). The fraction of sp³-hybridized carbons (Fsp3) is 0.188. The average Bonchev–Trinajstić information content (AvgIpc) is 2.66. The first kappa shape index (κ1) is 11.8. The van der Waals surface area contributed by atoms with E-state index < -0.39 is 5.97 Å². The summed E-state index contributed by atoms with van der Waals surface area (Å²) < 4.78 is 0. The summed E-state index contributed by atoms with van der Waals surface area (Å²) in [6.07, 6.45) is 0.0485. The van der Waals surface area contributed by atoms with Gasteiger partial charge in [-0.05, 0) is 35.2 Å². The van der Waals surface area contributed by atoms with E-state index in [0.717, 1.165) is 27.8 Å². The lowest BCUT2D eigenvalue weighted by atomic mass is 9.93. The van der Waals surface area contributed by atoms with E-state index in [0.29, 0.717) is 0 Å². The van der Waals surface area contributed by atoms with Crippen molar-refractivity contribution in [2.45, 2.75) is 19.3 Å². The maximum atomic E-state index is 11.1. The Bertz CT molecular complexity index is 622. The van der Waals surface area contributed by atoms with Crippen LogP contribution >= 0.6 is 0 Å². The number of carboxylic acids is 1. The Hall–Kier alpha value is -2.29. The Balaban J connectivity index is 2.30. The van der Waals surface area contributed by atoms with Crippen LogP contribution in [-0.2, 0) is 4.79 Å². The minimum Gasteiger partial charge on any atom is -0.507 e. The predicted molar refractivity (Wildman–Crippen MR) is 72.4 cm³/mol. The van der Waals surface area contributed by atoms with E-state index in [1.165, 1.54) is 0 Å². The second-order valence-electron chi connectivity index (χ2n) is 4.93. The molecule has 3 nitrogen and oxygen atoms in total. The zero-order chi connectivity index (χ0) is 13.6. The van der Waals surface area contributed by atoms with Crippen molar-refractivity contribution in [1.29, 1.82) is 0 Å². The van der Waals surface area contributed by atoms with Crippen molar-refractivity contribution in [3.8, 4) is 16.9 Å². The molecule has 0 aromatic heterocycles. The lowest BCUT2D eigenvalue weighted by molar-refractivity contribution is -0.137. The molecule has 0 fully saturated rings. The lowest BCUT2D eigenvalue weighted by Crippen LogP contribution is -2.05. The van der Waals surface area contributed by atoms with Crippen LogP contribution in [0.3, 0.4) is 0 Å². The fourth-order valence-electron chi connectivity index (χ4n) is 3.00. The highest BCUT2D eigenvalue weighted by atomic mass is 16.4. The lowest BCUT2D eigenvalue weighted by Gasteiger charge is -2.10. The van der Waals surface area contributed by atoms with E-state index >= 15 is 0 Å². The number of hydrogen-bond donors (Lipinski definition) is 2. The number of fused-ring (bicyclic) bond motifs is 3. The van der Waals surface area contributed by atoms with Crippen molar-refractivity contribution in [2.24, 2.45) is 0 Å². The van der Waals surface area contributed by atoms with Gasteiger partial charge in [0, 0.05) is 11.5 Å². The predicted octanol–water partition coefficient (Wildman–Crippen LogP) is 3.29. The van der Waals surface area contributed by atoms with Crippen molar-refractivity contribution < 1.29 is 15.0 Å². The Labute approximate surface area is 111 Å². The molecule has 1 unspecified atom stereocenters. The Kier molecular flexibility index (Phi) is 2.56. The first-order chi connectivity index (χ1) is 9.09. The van der Waals surface area contributed by atoms with Gasteiger partial charge < -0.3 is 10.2 Å². The van der Waals surface area contributed by atoms with Crippen LogP contribution in [0.15, 0.2) is 36.4 Å². The van der Waals surface area contributed by atoms with Crippen LogP contribution in [0.5, 0.6) is 5.75 Å². The van der Waals surface area contributed by atoms with E-state index in [1.54, 1.807) is 12.1 Å². The van der Waals surface area contributed by atoms with Gasteiger partial charge in [0.2, 0.25) is 0 Å². The van der Waals surface area contributed by atoms with Crippen molar-refractivity contribution in [1.82, 2.24) is 0 Å². The van der Waals surface area contributed by atoms with Gasteiger partial charge in [-0.1, -0.05) is 30.3 Å². The SMILES string of the molecule is Cc1cccc2c1-c1c(O)cccc1C2CC(=O)O. The summed E-state index contributed by atoms with van der Waals surface area (Å²) >= 11 is 0. The normalized spacial score (nSPS) is 15.9. The van der Waals surface area contributed by atoms with Gasteiger partial charge in [0.25, 0.3) is 0 Å². The smallest absolute Gasteiger partial charge is 0.304 e. The van der Waals surface area contributed by atoms with Crippen LogP contribution in [0, 0.1) is 6.92 Å². The van der Waals surface area contributed by atoms with Gasteiger partial charge in [-0.15, -0.1) is 0 Å². The number of benzene rings is 2. The molecule has 2 aromatic rings. The molecule has 3 heteroatoms. The molecule has 0 heterocycles. The minimum absolute atomic E-state index is 0.0485. The van der Waals surface area contributed by atoms with Crippen molar-refractivity contribution >= 4 is 5.97 Å². The first-order valence-electron chi connectivity index (χ1n) is 6.23. The quantitative estimate of drug-likeness (QED) is 0.864. The van der Waals surface area contributed by atoms with Gasteiger partial charge in [-0.3, -0.25) is 4.79 Å². The standard InChI is InChI=1S/C16H14O3/c1-9-4-2-5-10-12(8-14(18)19)11-6-3-7-13(17)16(11)15(9)10/h2-7,12,17H,8H2,1H3,(H,18,19). The number of phenolic OH excluding ortho intramolecular Hbond substituents is 1. The molecule has 0 amide bonds. The maximum Gasteiger partial charge on any atom is 0.304 e. The number of aliphatic carboxylic acids is 1. The van der Waals surface area contributed by atoms with E-state index in [1.807, 2.05) is 31.2 Å². The Morgan fingerprint density at radius 1 is 1.11 bits per heavy atom. The summed E-state index contributed by atoms with van der Waals surface area (Å²) in [5, 5.41) is 19.2. The minimum atomic E-state index is -0.825. The summed E-state index contributed by atoms with van der Waals surface area (Å²) in [6, 6.07) is 11.2. The van der Waals surface area contributed by atoms with Gasteiger partial charge in [0.1, 0.15) is 5.75 Å². The average molecular weight is 254 g/mol. The highest BCUT2D eigenvalue weighted by molar-refractivity contribution is 5.87. The summed E-state index contributed by atoms with van der Waals surface area (Å²) in [7, 11) is 0. The van der Waals surface area contributed by atoms with Crippen molar-refractivity contribution in [3.63, 3.8) is 0 Å². The molecule has 1 atom stereocenters. The van der Waals surface area contributed by atoms with Gasteiger partial charge in [-0.2, -0.15) is 0 Å². The monoisotopic (exact) mass is 254 g/mol. The third kappa shape index (κ3) is 1.70.